The summed E-state index contributed by atoms with van der Waals surface area (Å²) in [7, 11) is 3.10. The topological polar surface area (TPSA) is 95.7 Å². The van der Waals surface area contributed by atoms with Crippen LogP contribution in [0.4, 0.5) is 0 Å². The Labute approximate surface area is 139 Å². The number of hydrogen-bond acceptors (Lipinski definition) is 7. The highest BCUT2D eigenvalue weighted by Crippen LogP contribution is 2.31. The van der Waals surface area contributed by atoms with Crippen LogP contribution in [0.25, 0.3) is 11.4 Å². The van der Waals surface area contributed by atoms with E-state index in [0.29, 0.717) is 29.4 Å². The number of carbonyl (C=O) groups is 1. The molecule has 2 heterocycles. The quantitative estimate of drug-likeness (QED) is 0.859. The Morgan fingerprint density at radius 3 is 2.88 bits per heavy atom. The number of methoxy groups -OCH3 is 2. The van der Waals surface area contributed by atoms with Crippen molar-refractivity contribution < 1.29 is 23.5 Å². The summed E-state index contributed by atoms with van der Waals surface area (Å²) >= 11 is 0. The molecule has 0 spiro atoms. The Balaban J connectivity index is 1.69. The van der Waals surface area contributed by atoms with Crippen LogP contribution in [-0.4, -0.2) is 49.5 Å². The average molecular weight is 333 g/mol. The van der Waals surface area contributed by atoms with Crippen LogP contribution in [0.5, 0.6) is 11.5 Å². The van der Waals surface area contributed by atoms with Crippen LogP contribution in [0.1, 0.15) is 23.5 Å². The SMILES string of the molecule is COc1ccc(-c2noc(C(=O)NC[C@@H]3CCCO3)n2)cc1OC. The number of carbonyl (C=O) groups excluding carboxylic acids is 1. The number of hydrogen-bond donors (Lipinski definition) is 1. The molecule has 8 nitrogen and oxygen atoms in total. The lowest BCUT2D eigenvalue weighted by Crippen LogP contribution is -2.31. The Morgan fingerprint density at radius 1 is 1.33 bits per heavy atom. The van der Waals surface area contributed by atoms with E-state index in [4.69, 9.17) is 18.7 Å². The molecule has 1 aliphatic heterocycles. The van der Waals surface area contributed by atoms with Gasteiger partial charge in [0.1, 0.15) is 0 Å². The highest BCUT2D eigenvalue weighted by atomic mass is 16.5. The van der Waals surface area contributed by atoms with Crippen molar-refractivity contribution in [1.29, 1.82) is 0 Å². The molecule has 1 N–H and O–H groups in total. The lowest BCUT2D eigenvalue weighted by atomic mass is 10.2. The van der Waals surface area contributed by atoms with Gasteiger partial charge in [0.15, 0.2) is 11.5 Å². The Morgan fingerprint density at radius 2 is 2.17 bits per heavy atom. The van der Waals surface area contributed by atoms with Gasteiger partial charge in [0.05, 0.1) is 20.3 Å². The fraction of sp³-hybridized carbons (Fsp3) is 0.438. The van der Waals surface area contributed by atoms with Crippen LogP contribution in [0.3, 0.4) is 0 Å². The number of nitrogens with one attached hydrogen (secondary N) is 1. The summed E-state index contributed by atoms with van der Waals surface area (Å²) in [6.45, 7) is 1.18. The molecule has 0 radical (unpaired) electrons. The van der Waals surface area contributed by atoms with Gasteiger partial charge in [-0.3, -0.25) is 4.79 Å². The maximum atomic E-state index is 12.1. The molecule has 0 bridgehead atoms. The first-order chi connectivity index (χ1) is 11.7. The number of rotatable bonds is 6. The van der Waals surface area contributed by atoms with Gasteiger partial charge in [-0.25, -0.2) is 0 Å². The van der Waals surface area contributed by atoms with Crippen molar-refractivity contribution in [3.05, 3.63) is 24.1 Å². The molecule has 1 amide bonds. The summed E-state index contributed by atoms with van der Waals surface area (Å²) in [4.78, 5) is 16.2. The molecule has 1 saturated heterocycles. The van der Waals surface area contributed by atoms with Crippen molar-refractivity contribution in [3.8, 4) is 22.9 Å². The van der Waals surface area contributed by atoms with Crippen LogP contribution in [-0.2, 0) is 4.74 Å². The van der Waals surface area contributed by atoms with Gasteiger partial charge in [-0.1, -0.05) is 5.16 Å². The van der Waals surface area contributed by atoms with Crippen molar-refractivity contribution in [1.82, 2.24) is 15.5 Å². The van der Waals surface area contributed by atoms with Crippen LogP contribution in [0.15, 0.2) is 22.7 Å². The van der Waals surface area contributed by atoms with Gasteiger partial charge in [0, 0.05) is 18.7 Å². The first-order valence-electron chi connectivity index (χ1n) is 7.67. The van der Waals surface area contributed by atoms with Gasteiger partial charge in [-0.05, 0) is 31.0 Å². The zero-order chi connectivity index (χ0) is 16.9. The second-order valence-electron chi connectivity index (χ2n) is 5.34. The molecule has 0 unspecified atom stereocenters. The van der Waals surface area contributed by atoms with Gasteiger partial charge in [0.25, 0.3) is 0 Å². The van der Waals surface area contributed by atoms with E-state index in [9.17, 15) is 4.79 Å². The fourth-order valence-electron chi connectivity index (χ4n) is 2.50. The third-order valence-electron chi connectivity index (χ3n) is 3.78. The summed E-state index contributed by atoms with van der Waals surface area (Å²) in [5.74, 6) is 0.948. The lowest BCUT2D eigenvalue weighted by molar-refractivity contribution is 0.0822. The summed E-state index contributed by atoms with van der Waals surface area (Å²) in [5.41, 5.74) is 0.662. The predicted molar refractivity (Wildman–Crippen MR) is 84.1 cm³/mol. The molecule has 1 fully saturated rings. The van der Waals surface area contributed by atoms with Gasteiger partial charge < -0.3 is 24.1 Å². The first kappa shape index (κ1) is 16.3. The van der Waals surface area contributed by atoms with E-state index in [-0.39, 0.29) is 12.0 Å². The largest absolute Gasteiger partial charge is 0.493 e. The second kappa shape index (κ2) is 7.31. The molecule has 1 atom stereocenters. The molecule has 128 valence electrons. The second-order valence-corrected chi connectivity index (χ2v) is 5.34. The number of amides is 1. The van der Waals surface area contributed by atoms with Crippen LogP contribution < -0.4 is 14.8 Å². The zero-order valence-electron chi connectivity index (χ0n) is 13.6. The van der Waals surface area contributed by atoms with E-state index in [1.165, 1.54) is 0 Å². The highest BCUT2D eigenvalue weighted by Gasteiger charge is 2.20. The maximum absolute atomic E-state index is 12.1. The Kier molecular flexibility index (Phi) is 4.95. The van der Waals surface area contributed by atoms with E-state index < -0.39 is 5.91 Å². The van der Waals surface area contributed by atoms with Crippen molar-refractivity contribution in [3.63, 3.8) is 0 Å². The van der Waals surface area contributed by atoms with Gasteiger partial charge >= 0.3 is 11.8 Å². The molecular formula is C16H19N3O5. The summed E-state index contributed by atoms with van der Waals surface area (Å²) in [6, 6.07) is 5.22. The first-order valence-corrected chi connectivity index (χ1v) is 7.67. The maximum Gasteiger partial charge on any atom is 0.316 e. The number of aromatic nitrogens is 2. The molecule has 2 aromatic rings. The van der Waals surface area contributed by atoms with Crippen LogP contribution in [0.2, 0.25) is 0 Å². The molecular weight excluding hydrogens is 314 g/mol. The zero-order valence-corrected chi connectivity index (χ0v) is 13.6. The third kappa shape index (κ3) is 3.48. The van der Waals surface area contributed by atoms with Gasteiger partial charge in [-0.2, -0.15) is 4.98 Å². The van der Waals surface area contributed by atoms with E-state index in [2.05, 4.69) is 15.5 Å². The summed E-state index contributed by atoms with van der Waals surface area (Å²) in [6.07, 6.45) is 2.02. The number of ether oxygens (including phenoxy) is 3. The van der Waals surface area contributed by atoms with Crippen molar-refractivity contribution in [2.45, 2.75) is 18.9 Å². The number of benzene rings is 1. The third-order valence-corrected chi connectivity index (χ3v) is 3.78. The molecule has 24 heavy (non-hydrogen) atoms. The summed E-state index contributed by atoms with van der Waals surface area (Å²) < 4.78 is 20.9. The minimum atomic E-state index is -0.412. The predicted octanol–water partition coefficient (Wildman–Crippen LogP) is 1.66. The average Bonchev–Trinajstić information content (AvgIpc) is 3.30. The van der Waals surface area contributed by atoms with Crippen LogP contribution in [0, 0.1) is 0 Å². The van der Waals surface area contributed by atoms with Crippen molar-refractivity contribution in [2.24, 2.45) is 0 Å². The molecule has 0 saturated carbocycles. The fourth-order valence-corrected chi connectivity index (χ4v) is 2.50. The van der Waals surface area contributed by atoms with Crippen LogP contribution >= 0.6 is 0 Å². The lowest BCUT2D eigenvalue weighted by Gasteiger charge is -2.08. The Bertz CT molecular complexity index is 709. The van der Waals surface area contributed by atoms with Gasteiger partial charge in [-0.15, -0.1) is 0 Å². The van der Waals surface area contributed by atoms with E-state index in [0.717, 1.165) is 19.4 Å². The number of nitrogens with zero attached hydrogens (tertiary/aromatic N) is 2. The van der Waals surface area contributed by atoms with Crippen molar-refractivity contribution >= 4 is 5.91 Å². The molecule has 3 rings (SSSR count). The highest BCUT2D eigenvalue weighted by molar-refractivity contribution is 5.89. The molecule has 8 heteroatoms. The van der Waals surface area contributed by atoms with Crippen molar-refractivity contribution in [2.75, 3.05) is 27.4 Å². The smallest absolute Gasteiger partial charge is 0.316 e. The summed E-state index contributed by atoms with van der Waals surface area (Å²) in [5, 5.41) is 6.59. The molecule has 1 aliphatic rings. The normalized spacial score (nSPS) is 16.8. The molecule has 1 aromatic heterocycles. The van der Waals surface area contributed by atoms with E-state index in [1.807, 2.05) is 0 Å². The van der Waals surface area contributed by atoms with Gasteiger partial charge in [0.2, 0.25) is 5.82 Å². The molecule has 1 aromatic carbocycles. The standard InChI is InChI=1S/C16H19N3O5/c1-21-12-6-5-10(8-13(12)22-2)14-18-16(24-19-14)15(20)17-9-11-4-3-7-23-11/h5-6,8,11H,3-4,7,9H2,1-2H3,(H,17,20)/t11-/m0/s1. The minimum absolute atomic E-state index is 0.0576. The monoisotopic (exact) mass is 333 g/mol. The van der Waals surface area contributed by atoms with E-state index in [1.54, 1.807) is 32.4 Å². The minimum Gasteiger partial charge on any atom is -0.493 e. The van der Waals surface area contributed by atoms with E-state index >= 15 is 0 Å². The Hall–Kier alpha value is -2.61. The molecule has 0 aliphatic carbocycles.